The van der Waals surface area contributed by atoms with Gasteiger partial charge >= 0.3 is 5.97 Å². The smallest absolute Gasteiger partial charge is 0.333 e. The predicted octanol–water partition coefficient (Wildman–Crippen LogP) is 4.51. The van der Waals surface area contributed by atoms with E-state index < -0.39 is 5.60 Å². The molecule has 2 aromatic rings. The summed E-state index contributed by atoms with van der Waals surface area (Å²) in [5.74, 6) is 0.482. The first kappa shape index (κ1) is 16.1. The third-order valence-corrected chi connectivity index (χ3v) is 3.43. The maximum absolute atomic E-state index is 11.6. The second-order valence-electron chi connectivity index (χ2n) is 6.01. The molecule has 116 valence electrons. The molecule has 3 nitrogen and oxygen atoms in total. The number of esters is 1. The van der Waals surface area contributed by atoms with Crippen molar-refractivity contribution in [1.29, 1.82) is 0 Å². The largest absolute Gasteiger partial charge is 0.493 e. The first-order valence-corrected chi connectivity index (χ1v) is 7.38. The zero-order valence-electron chi connectivity index (χ0n) is 13.4. The van der Waals surface area contributed by atoms with E-state index in [1.165, 1.54) is 0 Å². The quantitative estimate of drug-likeness (QED) is 0.581. The molecule has 0 saturated heterocycles. The molecular formula is C19H22O3. The summed E-state index contributed by atoms with van der Waals surface area (Å²) in [6.07, 6.45) is 0.606. The van der Waals surface area contributed by atoms with E-state index in [4.69, 9.17) is 9.47 Å². The van der Waals surface area contributed by atoms with Crippen LogP contribution in [0.3, 0.4) is 0 Å². The van der Waals surface area contributed by atoms with Crippen LogP contribution in [-0.4, -0.2) is 18.2 Å². The Kier molecular flexibility index (Phi) is 4.86. The average molecular weight is 298 g/mol. The van der Waals surface area contributed by atoms with Gasteiger partial charge in [-0.05, 0) is 32.2 Å². The Morgan fingerprint density at radius 2 is 1.82 bits per heavy atom. The van der Waals surface area contributed by atoms with Gasteiger partial charge in [-0.2, -0.15) is 0 Å². The summed E-state index contributed by atoms with van der Waals surface area (Å²) in [5, 5.41) is 2.23. The molecule has 2 aromatic carbocycles. The van der Waals surface area contributed by atoms with Gasteiger partial charge < -0.3 is 9.47 Å². The fourth-order valence-electron chi connectivity index (χ4n) is 2.12. The Hall–Kier alpha value is -2.29. The van der Waals surface area contributed by atoms with Gasteiger partial charge in [0.2, 0.25) is 0 Å². The molecule has 22 heavy (non-hydrogen) atoms. The van der Waals surface area contributed by atoms with Crippen molar-refractivity contribution in [3.63, 3.8) is 0 Å². The van der Waals surface area contributed by atoms with Gasteiger partial charge in [-0.25, -0.2) is 4.79 Å². The van der Waals surface area contributed by atoms with Crippen molar-refractivity contribution >= 4 is 16.7 Å². The normalized spacial score (nSPS) is 11.2. The van der Waals surface area contributed by atoms with E-state index in [2.05, 4.69) is 18.7 Å². The van der Waals surface area contributed by atoms with E-state index in [1.54, 1.807) is 6.92 Å². The lowest BCUT2D eigenvalue weighted by molar-refractivity contribution is -0.152. The van der Waals surface area contributed by atoms with Crippen LogP contribution in [0.2, 0.25) is 0 Å². The Bertz CT molecular complexity index is 681. The molecule has 0 heterocycles. The second-order valence-corrected chi connectivity index (χ2v) is 6.01. The molecule has 0 bridgehead atoms. The molecular weight excluding hydrogens is 276 g/mol. The molecule has 0 amide bonds. The molecule has 0 radical (unpaired) electrons. The zero-order valence-corrected chi connectivity index (χ0v) is 13.4. The minimum Gasteiger partial charge on any atom is -0.493 e. The number of carbonyl (C=O) groups is 1. The molecule has 0 aliphatic rings. The number of carbonyl (C=O) groups excluding carboxylic acids is 1. The average Bonchev–Trinajstić information content (AvgIpc) is 2.46. The minimum atomic E-state index is -0.583. The summed E-state index contributed by atoms with van der Waals surface area (Å²) in [5.41, 5.74) is -0.177. The van der Waals surface area contributed by atoms with Crippen LogP contribution in [-0.2, 0) is 9.53 Å². The number of ether oxygens (including phenoxy) is 2. The number of hydrogen-bond donors (Lipinski definition) is 0. The van der Waals surface area contributed by atoms with Gasteiger partial charge in [0.25, 0.3) is 0 Å². The van der Waals surface area contributed by atoms with Crippen LogP contribution in [0.15, 0.2) is 54.6 Å². The van der Waals surface area contributed by atoms with Crippen molar-refractivity contribution in [3.05, 3.63) is 54.6 Å². The van der Waals surface area contributed by atoms with Gasteiger partial charge in [-0.15, -0.1) is 0 Å². The Balaban J connectivity index is 1.98. The maximum Gasteiger partial charge on any atom is 0.333 e. The van der Waals surface area contributed by atoms with E-state index in [0.717, 1.165) is 16.5 Å². The van der Waals surface area contributed by atoms with E-state index in [-0.39, 0.29) is 5.97 Å². The molecule has 0 saturated carbocycles. The summed E-state index contributed by atoms with van der Waals surface area (Å²) in [6, 6.07) is 14.1. The molecule has 0 aliphatic carbocycles. The van der Waals surface area contributed by atoms with Gasteiger partial charge in [0.05, 0.1) is 6.61 Å². The topological polar surface area (TPSA) is 35.5 Å². The highest BCUT2D eigenvalue weighted by Crippen LogP contribution is 2.26. The first-order chi connectivity index (χ1) is 10.4. The Morgan fingerprint density at radius 3 is 2.55 bits per heavy atom. The van der Waals surface area contributed by atoms with Gasteiger partial charge in [0.1, 0.15) is 11.4 Å². The Morgan fingerprint density at radius 1 is 1.14 bits per heavy atom. The molecule has 0 fully saturated rings. The summed E-state index contributed by atoms with van der Waals surface area (Å²) >= 11 is 0. The zero-order chi connectivity index (χ0) is 16.2. The summed E-state index contributed by atoms with van der Waals surface area (Å²) in [7, 11) is 0. The lowest BCUT2D eigenvalue weighted by Gasteiger charge is -2.25. The van der Waals surface area contributed by atoms with Crippen LogP contribution < -0.4 is 4.74 Å². The fourth-order valence-corrected chi connectivity index (χ4v) is 2.12. The van der Waals surface area contributed by atoms with Crippen molar-refractivity contribution in [1.82, 2.24) is 0 Å². The standard InChI is InChI=1S/C19H22O3/c1-14(2)18(20)22-19(3,4)12-13-21-17-11-7-9-15-8-5-6-10-16(15)17/h5-11H,1,12-13H2,2-4H3. The van der Waals surface area contributed by atoms with Crippen LogP contribution in [0.25, 0.3) is 10.8 Å². The van der Waals surface area contributed by atoms with Gasteiger partial charge in [0.15, 0.2) is 0 Å². The molecule has 3 heteroatoms. The number of benzene rings is 2. The highest BCUT2D eigenvalue weighted by atomic mass is 16.6. The number of hydrogen-bond acceptors (Lipinski definition) is 3. The van der Waals surface area contributed by atoms with Crippen LogP contribution >= 0.6 is 0 Å². The van der Waals surface area contributed by atoms with Gasteiger partial charge in [-0.3, -0.25) is 0 Å². The third-order valence-electron chi connectivity index (χ3n) is 3.43. The van der Waals surface area contributed by atoms with Gasteiger partial charge in [-0.1, -0.05) is 43.0 Å². The molecule has 0 N–H and O–H groups in total. The lowest BCUT2D eigenvalue weighted by atomic mass is 10.1. The molecule has 0 aliphatic heterocycles. The molecule has 0 aromatic heterocycles. The van der Waals surface area contributed by atoms with Crippen molar-refractivity contribution < 1.29 is 14.3 Å². The SMILES string of the molecule is C=C(C)C(=O)OC(C)(C)CCOc1cccc2ccccc12. The summed E-state index contributed by atoms with van der Waals surface area (Å²) < 4.78 is 11.3. The van der Waals surface area contributed by atoms with E-state index >= 15 is 0 Å². The molecule has 0 atom stereocenters. The predicted molar refractivity (Wildman–Crippen MR) is 89.0 cm³/mol. The van der Waals surface area contributed by atoms with Crippen LogP contribution in [0.1, 0.15) is 27.2 Å². The molecule has 0 spiro atoms. The second kappa shape index (κ2) is 6.65. The molecule has 2 rings (SSSR count). The summed E-state index contributed by atoms with van der Waals surface area (Å²) in [4.78, 5) is 11.6. The first-order valence-electron chi connectivity index (χ1n) is 7.38. The minimum absolute atomic E-state index is 0.366. The van der Waals surface area contributed by atoms with Crippen molar-refractivity contribution in [2.24, 2.45) is 0 Å². The number of rotatable bonds is 6. The van der Waals surface area contributed by atoms with E-state index in [0.29, 0.717) is 18.6 Å². The van der Waals surface area contributed by atoms with E-state index in [1.807, 2.05) is 44.2 Å². The van der Waals surface area contributed by atoms with Crippen LogP contribution in [0.5, 0.6) is 5.75 Å². The van der Waals surface area contributed by atoms with Crippen molar-refractivity contribution in [2.45, 2.75) is 32.8 Å². The highest BCUT2D eigenvalue weighted by molar-refractivity contribution is 5.88. The third kappa shape index (κ3) is 4.10. The Labute approximate surface area is 131 Å². The fraction of sp³-hybridized carbons (Fsp3) is 0.316. The van der Waals surface area contributed by atoms with Crippen LogP contribution in [0.4, 0.5) is 0 Å². The monoisotopic (exact) mass is 298 g/mol. The lowest BCUT2D eigenvalue weighted by Crippen LogP contribution is -2.30. The van der Waals surface area contributed by atoms with E-state index in [9.17, 15) is 4.79 Å². The summed E-state index contributed by atoms with van der Waals surface area (Å²) in [6.45, 7) is 9.47. The maximum atomic E-state index is 11.6. The number of fused-ring (bicyclic) bond motifs is 1. The molecule has 0 unspecified atom stereocenters. The van der Waals surface area contributed by atoms with Gasteiger partial charge in [0, 0.05) is 17.4 Å². The van der Waals surface area contributed by atoms with Crippen molar-refractivity contribution in [2.75, 3.05) is 6.61 Å². The van der Waals surface area contributed by atoms with Crippen LogP contribution in [0, 0.1) is 0 Å². The van der Waals surface area contributed by atoms with Crippen molar-refractivity contribution in [3.8, 4) is 5.75 Å². The highest BCUT2D eigenvalue weighted by Gasteiger charge is 2.23.